The molecule has 2 nitrogen and oxygen atoms in total. The van der Waals surface area contributed by atoms with Crippen LogP contribution in [0.2, 0.25) is 0 Å². The first kappa shape index (κ1) is 11.6. The van der Waals surface area contributed by atoms with Crippen molar-refractivity contribution in [2.45, 2.75) is 32.4 Å². The predicted molar refractivity (Wildman–Crippen MR) is 68.4 cm³/mol. The van der Waals surface area contributed by atoms with Gasteiger partial charge in [-0.25, -0.2) is 0 Å². The van der Waals surface area contributed by atoms with Gasteiger partial charge in [0.05, 0.1) is 0 Å². The lowest BCUT2D eigenvalue weighted by atomic mass is 10.0. The van der Waals surface area contributed by atoms with Crippen LogP contribution in [0.1, 0.15) is 25.3 Å². The molecule has 0 radical (unpaired) electrons. The summed E-state index contributed by atoms with van der Waals surface area (Å²) in [4.78, 5) is 2.53. The number of nitrogens with zero attached hydrogens (tertiary/aromatic N) is 1. The standard InChI is InChI=1S/C14H22N2/c1-2-16-10-8-14(9-11-16)15-12-13-6-4-3-5-7-13/h3-7,14-15H,2,8-12H2,1H3. The molecule has 1 N–H and O–H groups in total. The Morgan fingerprint density at radius 3 is 2.50 bits per heavy atom. The molecule has 2 heteroatoms. The van der Waals surface area contributed by atoms with Gasteiger partial charge in [-0.05, 0) is 38.0 Å². The van der Waals surface area contributed by atoms with Crippen molar-refractivity contribution in [3.8, 4) is 0 Å². The topological polar surface area (TPSA) is 15.3 Å². The van der Waals surface area contributed by atoms with Gasteiger partial charge >= 0.3 is 0 Å². The van der Waals surface area contributed by atoms with Crippen molar-refractivity contribution >= 4 is 0 Å². The number of likely N-dealkylation sites (tertiary alicyclic amines) is 1. The second kappa shape index (κ2) is 6.02. The molecule has 1 aromatic rings. The fourth-order valence-electron chi connectivity index (χ4n) is 2.31. The maximum atomic E-state index is 3.66. The molecule has 1 aliphatic heterocycles. The zero-order chi connectivity index (χ0) is 11.2. The Bertz CT molecular complexity index is 289. The quantitative estimate of drug-likeness (QED) is 0.834. The van der Waals surface area contributed by atoms with Crippen LogP contribution in [0, 0.1) is 0 Å². The van der Waals surface area contributed by atoms with Gasteiger partial charge in [-0.3, -0.25) is 0 Å². The molecule has 1 fully saturated rings. The molecule has 1 saturated heterocycles. The molecular weight excluding hydrogens is 196 g/mol. The van der Waals surface area contributed by atoms with Crippen molar-refractivity contribution in [3.63, 3.8) is 0 Å². The fourth-order valence-corrected chi connectivity index (χ4v) is 2.31. The third kappa shape index (κ3) is 3.32. The highest BCUT2D eigenvalue weighted by Gasteiger charge is 2.16. The highest BCUT2D eigenvalue weighted by atomic mass is 15.1. The Morgan fingerprint density at radius 1 is 1.19 bits per heavy atom. The third-order valence-corrected chi connectivity index (χ3v) is 3.47. The van der Waals surface area contributed by atoms with E-state index in [-0.39, 0.29) is 0 Å². The van der Waals surface area contributed by atoms with Crippen LogP contribution in [0.5, 0.6) is 0 Å². The number of hydrogen-bond acceptors (Lipinski definition) is 2. The molecule has 1 aliphatic rings. The van der Waals surface area contributed by atoms with E-state index in [1.807, 2.05) is 0 Å². The minimum Gasteiger partial charge on any atom is -0.310 e. The smallest absolute Gasteiger partial charge is 0.0208 e. The lowest BCUT2D eigenvalue weighted by Gasteiger charge is -2.31. The van der Waals surface area contributed by atoms with Crippen molar-refractivity contribution in [2.24, 2.45) is 0 Å². The van der Waals surface area contributed by atoms with Crippen molar-refractivity contribution in [2.75, 3.05) is 19.6 Å². The molecule has 2 rings (SSSR count). The SMILES string of the molecule is CCN1CCC(NCc2ccccc2)CC1. The average Bonchev–Trinajstić information content (AvgIpc) is 2.38. The molecule has 16 heavy (non-hydrogen) atoms. The van der Waals surface area contributed by atoms with Gasteiger partial charge in [-0.1, -0.05) is 37.3 Å². The number of benzene rings is 1. The summed E-state index contributed by atoms with van der Waals surface area (Å²) in [6.45, 7) is 6.96. The Labute approximate surface area is 98.7 Å². The molecule has 88 valence electrons. The van der Waals surface area contributed by atoms with Crippen molar-refractivity contribution < 1.29 is 0 Å². The van der Waals surface area contributed by atoms with Gasteiger partial charge in [0.1, 0.15) is 0 Å². The second-order valence-corrected chi connectivity index (χ2v) is 4.58. The number of hydrogen-bond donors (Lipinski definition) is 1. The summed E-state index contributed by atoms with van der Waals surface area (Å²) < 4.78 is 0. The molecule has 0 aliphatic carbocycles. The van der Waals surface area contributed by atoms with Gasteiger partial charge in [0, 0.05) is 12.6 Å². The summed E-state index contributed by atoms with van der Waals surface area (Å²) >= 11 is 0. The van der Waals surface area contributed by atoms with Gasteiger partial charge in [0.15, 0.2) is 0 Å². The number of nitrogens with one attached hydrogen (secondary N) is 1. The van der Waals surface area contributed by atoms with Gasteiger partial charge in [-0.2, -0.15) is 0 Å². The number of rotatable bonds is 4. The van der Waals surface area contributed by atoms with Gasteiger partial charge in [0.25, 0.3) is 0 Å². The highest BCUT2D eigenvalue weighted by Crippen LogP contribution is 2.10. The molecule has 0 amide bonds. The van der Waals surface area contributed by atoms with Crippen LogP contribution in [-0.2, 0) is 6.54 Å². The summed E-state index contributed by atoms with van der Waals surface area (Å²) in [5.41, 5.74) is 1.39. The zero-order valence-electron chi connectivity index (χ0n) is 10.2. The van der Waals surface area contributed by atoms with E-state index < -0.39 is 0 Å². The van der Waals surface area contributed by atoms with Gasteiger partial charge in [0.2, 0.25) is 0 Å². The highest BCUT2D eigenvalue weighted by molar-refractivity contribution is 5.14. The molecule has 0 aromatic heterocycles. The minimum absolute atomic E-state index is 0.711. The van der Waals surface area contributed by atoms with Crippen molar-refractivity contribution in [3.05, 3.63) is 35.9 Å². The van der Waals surface area contributed by atoms with E-state index in [0.717, 1.165) is 6.54 Å². The summed E-state index contributed by atoms with van der Waals surface area (Å²) in [6.07, 6.45) is 2.58. The number of piperidine rings is 1. The summed E-state index contributed by atoms with van der Waals surface area (Å²) in [5.74, 6) is 0. The van der Waals surface area contributed by atoms with Crippen LogP contribution in [-0.4, -0.2) is 30.6 Å². The fraction of sp³-hybridized carbons (Fsp3) is 0.571. The van der Waals surface area contributed by atoms with Crippen LogP contribution in [0.25, 0.3) is 0 Å². The summed E-state index contributed by atoms with van der Waals surface area (Å²) in [5, 5.41) is 3.66. The molecule has 1 aromatic carbocycles. The first-order valence-electron chi connectivity index (χ1n) is 6.38. The Kier molecular flexibility index (Phi) is 4.37. The van der Waals surface area contributed by atoms with Crippen LogP contribution in [0.3, 0.4) is 0 Å². The molecule has 0 atom stereocenters. The van der Waals surface area contributed by atoms with E-state index >= 15 is 0 Å². The van der Waals surface area contributed by atoms with Gasteiger partial charge in [-0.15, -0.1) is 0 Å². The van der Waals surface area contributed by atoms with E-state index in [2.05, 4.69) is 47.5 Å². The molecule has 1 heterocycles. The van der Waals surface area contributed by atoms with E-state index in [0.29, 0.717) is 6.04 Å². The van der Waals surface area contributed by atoms with Crippen molar-refractivity contribution in [1.29, 1.82) is 0 Å². The van der Waals surface area contributed by atoms with Gasteiger partial charge < -0.3 is 10.2 Å². The van der Waals surface area contributed by atoms with Crippen LogP contribution >= 0.6 is 0 Å². The molecule has 0 saturated carbocycles. The van der Waals surface area contributed by atoms with E-state index in [9.17, 15) is 0 Å². The van der Waals surface area contributed by atoms with E-state index in [1.165, 1.54) is 38.0 Å². The maximum Gasteiger partial charge on any atom is 0.0208 e. The molecule has 0 bridgehead atoms. The van der Waals surface area contributed by atoms with E-state index in [4.69, 9.17) is 0 Å². The first-order valence-corrected chi connectivity index (χ1v) is 6.38. The maximum absolute atomic E-state index is 3.66. The van der Waals surface area contributed by atoms with Crippen molar-refractivity contribution in [1.82, 2.24) is 10.2 Å². The second-order valence-electron chi connectivity index (χ2n) is 4.58. The Balaban J connectivity index is 1.72. The normalized spacial score (nSPS) is 18.8. The van der Waals surface area contributed by atoms with Crippen LogP contribution in [0.4, 0.5) is 0 Å². The Morgan fingerprint density at radius 2 is 1.88 bits per heavy atom. The Hall–Kier alpha value is -0.860. The minimum atomic E-state index is 0.711. The third-order valence-electron chi connectivity index (χ3n) is 3.47. The average molecular weight is 218 g/mol. The monoisotopic (exact) mass is 218 g/mol. The van der Waals surface area contributed by atoms with E-state index in [1.54, 1.807) is 0 Å². The largest absolute Gasteiger partial charge is 0.310 e. The lowest BCUT2D eigenvalue weighted by molar-refractivity contribution is 0.206. The van der Waals surface area contributed by atoms with Crippen LogP contribution in [0.15, 0.2) is 30.3 Å². The summed E-state index contributed by atoms with van der Waals surface area (Å²) in [7, 11) is 0. The predicted octanol–water partition coefficient (Wildman–Crippen LogP) is 2.26. The molecular formula is C14H22N2. The molecule has 0 spiro atoms. The molecule has 0 unspecified atom stereocenters. The zero-order valence-corrected chi connectivity index (χ0v) is 10.2. The first-order chi connectivity index (χ1) is 7.88. The lowest BCUT2D eigenvalue weighted by Crippen LogP contribution is -2.42. The van der Waals surface area contributed by atoms with Crippen LogP contribution < -0.4 is 5.32 Å². The summed E-state index contributed by atoms with van der Waals surface area (Å²) in [6, 6.07) is 11.4.